The number of carbonyl (C=O) groups excluding carboxylic acids is 2. The molecule has 0 aromatic heterocycles. The Kier molecular flexibility index (Phi) is 8.68. The van der Waals surface area contributed by atoms with Gasteiger partial charge >= 0.3 is 0 Å². The number of benzene rings is 2. The standard InChI is InChI=1S/C22H27ClN4O2/c1-4-27(5-2)19-9-6-17(7-10-19)15-24-26-22(29)13-12-21(28)25-20-11-8-18(23)14-16(20)3/h6-11,14-15H,4-5,12-13H2,1-3H3,(H,25,28)(H,26,29)/b24-15-. The van der Waals surface area contributed by atoms with Gasteiger partial charge in [0.25, 0.3) is 0 Å². The molecule has 0 radical (unpaired) electrons. The van der Waals surface area contributed by atoms with Crippen LogP contribution in [-0.2, 0) is 9.59 Å². The number of anilines is 2. The molecule has 0 aliphatic carbocycles. The minimum absolute atomic E-state index is 0.0523. The molecule has 0 aliphatic rings. The van der Waals surface area contributed by atoms with Crippen LogP contribution < -0.4 is 15.6 Å². The normalized spacial score (nSPS) is 10.8. The maximum atomic E-state index is 12.0. The van der Waals surface area contributed by atoms with E-state index in [9.17, 15) is 9.59 Å². The molecule has 154 valence electrons. The van der Waals surface area contributed by atoms with E-state index in [1.807, 2.05) is 31.2 Å². The number of hydrogen-bond acceptors (Lipinski definition) is 4. The number of nitrogens with one attached hydrogen (secondary N) is 2. The van der Waals surface area contributed by atoms with E-state index in [0.717, 1.165) is 29.9 Å². The van der Waals surface area contributed by atoms with E-state index in [1.54, 1.807) is 24.4 Å². The first kappa shape index (κ1) is 22.4. The van der Waals surface area contributed by atoms with Crippen LogP contribution in [0.2, 0.25) is 5.02 Å². The number of halogens is 1. The Balaban J connectivity index is 1.77. The van der Waals surface area contributed by atoms with Crippen molar-refractivity contribution in [2.24, 2.45) is 5.10 Å². The summed E-state index contributed by atoms with van der Waals surface area (Å²) in [6, 6.07) is 13.2. The lowest BCUT2D eigenvalue weighted by Crippen LogP contribution is -2.21. The summed E-state index contributed by atoms with van der Waals surface area (Å²) in [5.74, 6) is -0.550. The largest absolute Gasteiger partial charge is 0.372 e. The van der Waals surface area contributed by atoms with Crippen molar-refractivity contribution in [2.45, 2.75) is 33.6 Å². The molecule has 2 N–H and O–H groups in total. The zero-order valence-corrected chi connectivity index (χ0v) is 17.8. The Bertz CT molecular complexity index is 862. The second kappa shape index (κ2) is 11.2. The van der Waals surface area contributed by atoms with Crippen molar-refractivity contribution in [1.82, 2.24) is 5.43 Å². The highest BCUT2D eigenvalue weighted by molar-refractivity contribution is 6.30. The maximum absolute atomic E-state index is 12.0. The van der Waals surface area contributed by atoms with Crippen LogP contribution in [0.25, 0.3) is 0 Å². The van der Waals surface area contributed by atoms with Crippen LogP contribution in [0.5, 0.6) is 0 Å². The van der Waals surface area contributed by atoms with Crippen LogP contribution in [0.1, 0.15) is 37.8 Å². The predicted molar refractivity (Wildman–Crippen MR) is 120 cm³/mol. The third-order valence-corrected chi connectivity index (χ3v) is 4.70. The van der Waals surface area contributed by atoms with E-state index < -0.39 is 0 Å². The quantitative estimate of drug-likeness (QED) is 0.472. The van der Waals surface area contributed by atoms with E-state index >= 15 is 0 Å². The van der Waals surface area contributed by atoms with Gasteiger partial charge in [-0.15, -0.1) is 0 Å². The predicted octanol–water partition coefficient (Wildman–Crippen LogP) is 4.36. The minimum atomic E-state index is -0.316. The fourth-order valence-electron chi connectivity index (χ4n) is 2.80. The molecule has 0 saturated carbocycles. The van der Waals surface area contributed by atoms with E-state index in [4.69, 9.17) is 11.6 Å². The minimum Gasteiger partial charge on any atom is -0.372 e. The summed E-state index contributed by atoms with van der Waals surface area (Å²) >= 11 is 5.90. The van der Waals surface area contributed by atoms with Crippen LogP contribution in [0, 0.1) is 6.92 Å². The molecule has 0 unspecified atom stereocenters. The molecule has 0 heterocycles. The van der Waals surface area contributed by atoms with Crippen molar-refractivity contribution in [1.29, 1.82) is 0 Å². The number of hydrogen-bond donors (Lipinski definition) is 2. The molecule has 6 nitrogen and oxygen atoms in total. The zero-order chi connectivity index (χ0) is 21.2. The van der Waals surface area contributed by atoms with Gasteiger partial charge in [0.05, 0.1) is 6.21 Å². The van der Waals surface area contributed by atoms with Gasteiger partial charge in [0.15, 0.2) is 0 Å². The number of rotatable bonds is 9. The number of amides is 2. The average molecular weight is 415 g/mol. The lowest BCUT2D eigenvalue weighted by molar-refractivity contribution is -0.124. The van der Waals surface area contributed by atoms with Gasteiger partial charge in [-0.3, -0.25) is 9.59 Å². The lowest BCUT2D eigenvalue weighted by Gasteiger charge is -2.20. The Labute approximate surface area is 176 Å². The first-order chi connectivity index (χ1) is 13.9. The molecule has 29 heavy (non-hydrogen) atoms. The third-order valence-electron chi connectivity index (χ3n) is 4.47. The van der Waals surface area contributed by atoms with Gasteiger partial charge in [0.1, 0.15) is 0 Å². The van der Waals surface area contributed by atoms with Crippen LogP contribution in [-0.4, -0.2) is 31.1 Å². The molecule has 2 aromatic carbocycles. The van der Waals surface area contributed by atoms with Crippen molar-refractivity contribution in [3.63, 3.8) is 0 Å². The average Bonchev–Trinajstić information content (AvgIpc) is 2.70. The van der Waals surface area contributed by atoms with E-state index in [0.29, 0.717) is 10.7 Å². The highest BCUT2D eigenvalue weighted by Crippen LogP contribution is 2.19. The monoisotopic (exact) mass is 414 g/mol. The lowest BCUT2D eigenvalue weighted by atomic mass is 10.2. The fraction of sp³-hybridized carbons (Fsp3) is 0.318. The van der Waals surface area contributed by atoms with Crippen molar-refractivity contribution < 1.29 is 9.59 Å². The van der Waals surface area contributed by atoms with Gasteiger partial charge in [-0.25, -0.2) is 5.43 Å². The van der Waals surface area contributed by atoms with E-state index in [-0.39, 0.29) is 24.7 Å². The maximum Gasteiger partial charge on any atom is 0.240 e. The van der Waals surface area contributed by atoms with Gasteiger partial charge < -0.3 is 10.2 Å². The number of hydrazone groups is 1. The van der Waals surface area contributed by atoms with Crippen molar-refractivity contribution in [2.75, 3.05) is 23.3 Å². The zero-order valence-electron chi connectivity index (χ0n) is 17.0. The first-order valence-electron chi connectivity index (χ1n) is 9.65. The summed E-state index contributed by atoms with van der Waals surface area (Å²) in [4.78, 5) is 26.2. The van der Waals surface area contributed by atoms with Gasteiger partial charge in [0, 0.05) is 42.3 Å². The van der Waals surface area contributed by atoms with Gasteiger partial charge in [0.2, 0.25) is 11.8 Å². The molecule has 2 amide bonds. The SMILES string of the molecule is CCN(CC)c1ccc(/C=N\NC(=O)CCC(=O)Nc2ccc(Cl)cc2C)cc1. The summed E-state index contributed by atoms with van der Waals surface area (Å²) in [7, 11) is 0. The first-order valence-corrected chi connectivity index (χ1v) is 10.0. The highest BCUT2D eigenvalue weighted by atomic mass is 35.5. The molecule has 0 bridgehead atoms. The Morgan fingerprint density at radius 3 is 2.31 bits per heavy atom. The Morgan fingerprint density at radius 1 is 1.03 bits per heavy atom. The van der Waals surface area contributed by atoms with Gasteiger partial charge in [-0.1, -0.05) is 23.7 Å². The molecule has 0 saturated heterocycles. The van der Waals surface area contributed by atoms with Crippen molar-refractivity contribution >= 4 is 41.0 Å². The van der Waals surface area contributed by atoms with E-state index in [1.165, 1.54) is 0 Å². The van der Waals surface area contributed by atoms with Crippen molar-refractivity contribution in [3.05, 3.63) is 58.6 Å². The molecule has 7 heteroatoms. The van der Waals surface area contributed by atoms with E-state index in [2.05, 4.69) is 34.6 Å². The smallest absolute Gasteiger partial charge is 0.240 e. The van der Waals surface area contributed by atoms with Crippen LogP contribution in [0.4, 0.5) is 11.4 Å². The summed E-state index contributed by atoms with van der Waals surface area (Å²) in [6.45, 7) is 7.99. The number of carbonyl (C=O) groups is 2. The molecule has 0 fully saturated rings. The molecule has 2 rings (SSSR count). The number of nitrogens with zero attached hydrogens (tertiary/aromatic N) is 2. The van der Waals surface area contributed by atoms with Crippen molar-refractivity contribution in [3.8, 4) is 0 Å². The highest BCUT2D eigenvalue weighted by Gasteiger charge is 2.08. The summed E-state index contributed by atoms with van der Waals surface area (Å²) in [6.07, 6.45) is 1.71. The fourth-order valence-corrected chi connectivity index (χ4v) is 3.03. The third kappa shape index (κ3) is 7.23. The summed E-state index contributed by atoms with van der Waals surface area (Å²) in [5.41, 5.74) is 6.04. The van der Waals surface area contributed by atoms with Crippen LogP contribution in [0.15, 0.2) is 47.6 Å². The molecular weight excluding hydrogens is 388 g/mol. The molecular formula is C22H27ClN4O2. The molecule has 0 atom stereocenters. The topological polar surface area (TPSA) is 73.8 Å². The van der Waals surface area contributed by atoms with Gasteiger partial charge in [-0.05, 0) is 62.2 Å². The van der Waals surface area contributed by atoms with Gasteiger partial charge in [-0.2, -0.15) is 5.10 Å². The number of aryl methyl sites for hydroxylation is 1. The Morgan fingerprint density at radius 2 is 1.69 bits per heavy atom. The van der Waals surface area contributed by atoms with Crippen LogP contribution in [0.3, 0.4) is 0 Å². The molecule has 0 aliphatic heterocycles. The molecule has 0 spiro atoms. The molecule has 2 aromatic rings. The van der Waals surface area contributed by atoms with Crippen LogP contribution >= 0.6 is 11.6 Å². The summed E-state index contributed by atoms with van der Waals surface area (Å²) < 4.78 is 0. The second-order valence-electron chi connectivity index (χ2n) is 6.56. The second-order valence-corrected chi connectivity index (χ2v) is 7.00. The summed E-state index contributed by atoms with van der Waals surface area (Å²) in [5, 5.41) is 7.35. The Hall–Kier alpha value is -2.86.